The molecule has 0 fully saturated rings. The molecule has 2 aromatic carbocycles. The number of aryl methyl sites for hydroxylation is 1. The van der Waals surface area contributed by atoms with E-state index in [1.165, 1.54) is 23.3 Å². The molecule has 0 radical (unpaired) electrons. The summed E-state index contributed by atoms with van der Waals surface area (Å²) in [6, 6.07) is 17.5. The molecule has 0 spiro atoms. The zero-order chi connectivity index (χ0) is 21.8. The second-order valence-electron chi connectivity index (χ2n) is 6.91. The van der Waals surface area contributed by atoms with Crippen LogP contribution in [0.25, 0.3) is 21.5 Å². The number of nitrogens with one attached hydrogen (secondary N) is 1. The van der Waals surface area contributed by atoms with Crippen LogP contribution in [0, 0.1) is 0 Å². The van der Waals surface area contributed by atoms with E-state index in [0.29, 0.717) is 27.6 Å². The zero-order valence-corrected chi connectivity index (χ0v) is 18.9. The Morgan fingerprint density at radius 3 is 2.68 bits per heavy atom. The van der Waals surface area contributed by atoms with Gasteiger partial charge in [0.25, 0.3) is 5.56 Å². The zero-order valence-electron chi connectivity index (χ0n) is 17.3. The summed E-state index contributed by atoms with van der Waals surface area (Å²) in [7, 11) is 0. The summed E-state index contributed by atoms with van der Waals surface area (Å²) >= 11 is 2.43. The highest BCUT2D eigenvalue weighted by atomic mass is 32.2. The van der Waals surface area contributed by atoms with Crippen molar-refractivity contribution in [1.29, 1.82) is 0 Å². The number of thioether (sulfide) groups is 1. The van der Waals surface area contributed by atoms with Crippen molar-refractivity contribution in [1.82, 2.24) is 13.9 Å². The van der Waals surface area contributed by atoms with E-state index in [4.69, 9.17) is 4.98 Å². The normalized spacial score (nSPS) is 11.0. The number of rotatable bonds is 7. The summed E-state index contributed by atoms with van der Waals surface area (Å²) in [5, 5.41) is 3.45. The number of anilines is 1. The minimum absolute atomic E-state index is 0.120. The van der Waals surface area contributed by atoms with Gasteiger partial charge >= 0.3 is 0 Å². The third kappa shape index (κ3) is 4.55. The Kier molecular flexibility index (Phi) is 6.48. The predicted octanol–water partition coefficient (Wildman–Crippen LogP) is 4.83. The first-order valence-electron chi connectivity index (χ1n) is 10.1. The molecular formula is C23H22N4O2S2. The second kappa shape index (κ2) is 9.45. The summed E-state index contributed by atoms with van der Waals surface area (Å²) in [5.74, 6) is 0.0222. The van der Waals surface area contributed by atoms with Crippen molar-refractivity contribution in [3.05, 3.63) is 70.5 Å². The first kappa shape index (κ1) is 21.3. The van der Waals surface area contributed by atoms with Crippen LogP contribution in [0.2, 0.25) is 0 Å². The lowest BCUT2D eigenvalue weighted by Gasteiger charge is -2.10. The molecule has 158 valence electrons. The number of aromatic nitrogens is 3. The Morgan fingerprint density at radius 1 is 1.13 bits per heavy atom. The molecule has 4 rings (SSSR count). The van der Waals surface area contributed by atoms with Gasteiger partial charge in [-0.15, -0.1) is 0 Å². The maximum Gasteiger partial charge on any atom is 0.273 e. The van der Waals surface area contributed by atoms with Crippen LogP contribution in [0.5, 0.6) is 0 Å². The summed E-state index contributed by atoms with van der Waals surface area (Å²) in [5.41, 5.74) is 4.02. The summed E-state index contributed by atoms with van der Waals surface area (Å²) in [6.07, 6.45) is 0.906. The van der Waals surface area contributed by atoms with E-state index in [1.807, 2.05) is 61.5 Å². The number of benzene rings is 2. The maximum absolute atomic E-state index is 13.0. The lowest BCUT2D eigenvalue weighted by molar-refractivity contribution is -0.113. The van der Waals surface area contributed by atoms with Crippen LogP contribution >= 0.6 is 23.3 Å². The molecule has 0 atom stereocenters. The Bertz CT molecular complexity index is 1280. The van der Waals surface area contributed by atoms with Crippen LogP contribution in [0.15, 0.2) is 64.5 Å². The highest BCUT2D eigenvalue weighted by molar-refractivity contribution is 7.99. The average molecular weight is 451 g/mol. The first-order chi connectivity index (χ1) is 15.1. The van der Waals surface area contributed by atoms with Gasteiger partial charge in [0.15, 0.2) is 5.16 Å². The molecule has 2 heterocycles. The predicted molar refractivity (Wildman–Crippen MR) is 128 cm³/mol. The molecule has 0 unspecified atom stereocenters. The largest absolute Gasteiger partial charge is 0.325 e. The Morgan fingerprint density at radius 2 is 1.94 bits per heavy atom. The molecule has 0 saturated carbocycles. The van der Waals surface area contributed by atoms with Crippen LogP contribution in [0.4, 0.5) is 5.69 Å². The first-order valence-corrected chi connectivity index (χ1v) is 11.8. The molecule has 8 heteroatoms. The number of amides is 1. The van der Waals surface area contributed by atoms with Crippen LogP contribution < -0.4 is 10.9 Å². The van der Waals surface area contributed by atoms with Gasteiger partial charge in [-0.3, -0.25) is 14.2 Å². The third-order valence-corrected chi connectivity index (χ3v) is 6.66. The van der Waals surface area contributed by atoms with Gasteiger partial charge in [0, 0.05) is 17.8 Å². The molecule has 1 amide bonds. The van der Waals surface area contributed by atoms with Crippen LogP contribution in [-0.4, -0.2) is 25.6 Å². The molecule has 0 aliphatic heterocycles. The van der Waals surface area contributed by atoms with E-state index < -0.39 is 0 Å². The van der Waals surface area contributed by atoms with E-state index in [1.54, 1.807) is 4.57 Å². The van der Waals surface area contributed by atoms with Gasteiger partial charge in [-0.25, -0.2) is 4.98 Å². The van der Waals surface area contributed by atoms with Gasteiger partial charge in [0.2, 0.25) is 5.91 Å². The van der Waals surface area contributed by atoms with Crippen LogP contribution in [0.3, 0.4) is 0 Å². The summed E-state index contributed by atoms with van der Waals surface area (Å²) in [4.78, 5) is 30.3. The lowest BCUT2D eigenvalue weighted by Crippen LogP contribution is -2.23. The van der Waals surface area contributed by atoms with Crippen molar-refractivity contribution < 1.29 is 4.79 Å². The Labute approximate surface area is 188 Å². The Hall–Kier alpha value is -2.97. The van der Waals surface area contributed by atoms with Gasteiger partial charge in [-0.1, -0.05) is 61.2 Å². The van der Waals surface area contributed by atoms with Crippen LogP contribution in [-0.2, 0) is 17.8 Å². The monoisotopic (exact) mass is 450 g/mol. The van der Waals surface area contributed by atoms with Gasteiger partial charge in [0.1, 0.15) is 15.9 Å². The molecule has 0 saturated heterocycles. The van der Waals surface area contributed by atoms with Crippen molar-refractivity contribution in [3.63, 3.8) is 0 Å². The maximum atomic E-state index is 13.0. The number of hydrogen-bond acceptors (Lipinski definition) is 6. The topological polar surface area (TPSA) is 76.9 Å². The van der Waals surface area contributed by atoms with Crippen molar-refractivity contribution in [2.75, 3.05) is 11.1 Å². The van der Waals surface area contributed by atoms with Gasteiger partial charge in [-0.05, 0) is 42.6 Å². The number of fused-ring (bicyclic) bond motifs is 1. The van der Waals surface area contributed by atoms with Crippen molar-refractivity contribution >= 4 is 45.1 Å². The average Bonchev–Trinajstić information content (AvgIpc) is 3.23. The van der Waals surface area contributed by atoms with Gasteiger partial charge in [0.05, 0.1) is 5.75 Å². The highest BCUT2D eigenvalue weighted by Crippen LogP contribution is 2.29. The van der Waals surface area contributed by atoms with Gasteiger partial charge < -0.3 is 5.32 Å². The fourth-order valence-corrected chi connectivity index (χ4v) is 4.91. The summed E-state index contributed by atoms with van der Waals surface area (Å²) in [6.45, 7) is 4.45. The number of carbonyl (C=O) groups is 1. The second-order valence-corrected chi connectivity index (χ2v) is 8.63. The molecule has 4 aromatic rings. The van der Waals surface area contributed by atoms with E-state index in [2.05, 4.69) is 16.6 Å². The number of hydrogen-bond donors (Lipinski definition) is 1. The smallest absolute Gasteiger partial charge is 0.273 e. The molecule has 0 bridgehead atoms. The molecule has 0 aliphatic carbocycles. The third-order valence-electron chi connectivity index (χ3n) is 4.86. The minimum atomic E-state index is -0.137. The van der Waals surface area contributed by atoms with Crippen LogP contribution in [0.1, 0.15) is 19.4 Å². The van der Waals surface area contributed by atoms with Gasteiger partial charge in [-0.2, -0.15) is 4.37 Å². The standard InChI is InChI=1S/C23H22N4O2S2/c1-3-15-9-8-12-17(13-15)24-18(28)14-30-23-25-20-19(16-10-6-5-7-11-16)26-31-21(20)22(29)27(23)4-2/h5-13H,3-4,14H2,1-2H3,(H,24,28). The highest BCUT2D eigenvalue weighted by Gasteiger charge is 2.18. The molecule has 2 aromatic heterocycles. The summed E-state index contributed by atoms with van der Waals surface area (Å²) < 4.78 is 6.62. The van der Waals surface area contributed by atoms with E-state index in [0.717, 1.165) is 23.2 Å². The molecule has 1 N–H and O–H groups in total. The van der Waals surface area contributed by atoms with Crippen molar-refractivity contribution in [2.45, 2.75) is 32.0 Å². The number of carbonyl (C=O) groups excluding carboxylic acids is 1. The van der Waals surface area contributed by atoms with Crippen molar-refractivity contribution in [2.24, 2.45) is 0 Å². The number of nitrogens with zero attached hydrogens (tertiary/aromatic N) is 3. The van der Waals surface area contributed by atoms with Crippen molar-refractivity contribution in [3.8, 4) is 11.3 Å². The molecule has 0 aliphatic rings. The van der Waals surface area contributed by atoms with E-state index in [-0.39, 0.29) is 17.2 Å². The van der Waals surface area contributed by atoms with E-state index >= 15 is 0 Å². The fraction of sp³-hybridized carbons (Fsp3) is 0.217. The molecular weight excluding hydrogens is 428 g/mol. The quantitative estimate of drug-likeness (QED) is 0.322. The minimum Gasteiger partial charge on any atom is -0.325 e. The SMILES string of the molecule is CCc1cccc(NC(=O)CSc2nc3c(-c4ccccc4)nsc3c(=O)n2CC)c1. The molecule has 6 nitrogen and oxygen atoms in total. The lowest BCUT2D eigenvalue weighted by atomic mass is 10.1. The molecule has 31 heavy (non-hydrogen) atoms. The fourth-order valence-electron chi connectivity index (χ4n) is 3.27. The Balaban J connectivity index is 1.60. The van der Waals surface area contributed by atoms with E-state index in [9.17, 15) is 9.59 Å².